The maximum atomic E-state index is 11.8. The average molecular weight is 342 g/mol. The number of aromatic nitrogens is 3. The molecule has 0 radical (unpaired) electrons. The van der Waals surface area contributed by atoms with Crippen molar-refractivity contribution in [3.05, 3.63) is 10.5 Å². The van der Waals surface area contributed by atoms with Crippen LogP contribution in [0.5, 0.6) is 0 Å². The highest BCUT2D eigenvalue weighted by molar-refractivity contribution is 7.99. The number of nitrogens with one attached hydrogen (secondary N) is 2. The maximum absolute atomic E-state index is 11.8. The summed E-state index contributed by atoms with van der Waals surface area (Å²) in [6, 6.07) is 0. The van der Waals surface area contributed by atoms with E-state index in [1.807, 2.05) is 0 Å². The largest absolute Gasteiger partial charge is 0.376 e. The van der Waals surface area contributed by atoms with Crippen LogP contribution in [-0.4, -0.2) is 45.7 Å². The number of unbranched alkanes of at least 4 members (excludes halogenated alkanes) is 3. The molecular formula is C15H26N4O3S. The molecule has 0 bridgehead atoms. The van der Waals surface area contributed by atoms with Crippen molar-refractivity contribution in [3.63, 3.8) is 0 Å². The van der Waals surface area contributed by atoms with Gasteiger partial charge in [0.2, 0.25) is 5.91 Å². The Morgan fingerprint density at radius 1 is 1.48 bits per heavy atom. The number of amides is 1. The zero-order valence-electron chi connectivity index (χ0n) is 13.7. The lowest BCUT2D eigenvalue weighted by Crippen LogP contribution is -2.27. The third-order valence-electron chi connectivity index (χ3n) is 3.82. The maximum Gasteiger partial charge on any atom is 0.344 e. The number of carbonyl (C=O) groups excluding carboxylic acids is 1. The van der Waals surface area contributed by atoms with Crippen molar-refractivity contribution >= 4 is 17.7 Å². The number of nitrogens with zero attached hydrogens (tertiary/aromatic N) is 2. The Bertz CT molecular complexity index is 537. The summed E-state index contributed by atoms with van der Waals surface area (Å²) >= 11 is 1.28. The smallest absolute Gasteiger partial charge is 0.344 e. The number of H-pyrrole nitrogens is 1. The summed E-state index contributed by atoms with van der Waals surface area (Å²) in [5.74, 6) is 0.245. The van der Waals surface area contributed by atoms with Gasteiger partial charge in [-0.25, -0.2) is 9.89 Å². The van der Waals surface area contributed by atoms with Crippen molar-refractivity contribution in [1.82, 2.24) is 20.1 Å². The molecule has 1 saturated heterocycles. The Balaban J connectivity index is 1.74. The molecule has 0 spiro atoms. The van der Waals surface area contributed by atoms with E-state index in [1.54, 1.807) is 4.57 Å². The molecule has 1 atom stereocenters. The number of hydrogen-bond donors (Lipinski definition) is 2. The number of aromatic amines is 1. The first kappa shape index (κ1) is 18.1. The van der Waals surface area contributed by atoms with Gasteiger partial charge in [0.25, 0.3) is 0 Å². The van der Waals surface area contributed by atoms with Crippen LogP contribution in [0.4, 0.5) is 0 Å². The quantitative estimate of drug-likeness (QED) is 0.497. The third-order valence-corrected chi connectivity index (χ3v) is 4.79. The molecule has 2 N–H and O–H groups in total. The summed E-state index contributed by atoms with van der Waals surface area (Å²) in [6.45, 7) is 4.12. The molecule has 0 aromatic carbocycles. The van der Waals surface area contributed by atoms with E-state index in [1.165, 1.54) is 24.6 Å². The molecule has 0 aliphatic carbocycles. The van der Waals surface area contributed by atoms with Crippen LogP contribution in [0.15, 0.2) is 9.95 Å². The van der Waals surface area contributed by atoms with Gasteiger partial charge in [-0.05, 0) is 19.3 Å². The monoisotopic (exact) mass is 342 g/mol. The van der Waals surface area contributed by atoms with E-state index in [-0.39, 0.29) is 23.5 Å². The fraction of sp³-hybridized carbons (Fsp3) is 0.800. The van der Waals surface area contributed by atoms with Crippen LogP contribution in [0.2, 0.25) is 0 Å². The van der Waals surface area contributed by atoms with Gasteiger partial charge in [-0.1, -0.05) is 37.9 Å². The Kier molecular flexibility index (Phi) is 7.67. The van der Waals surface area contributed by atoms with Crippen molar-refractivity contribution in [1.29, 1.82) is 0 Å². The van der Waals surface area contributed by atoms with E-state index < -0.39 is 0 Å². The molecule has 1 amide bonds. The molecule has 130 valence electrons. The summed E-state index contributed by atoms with van der Waals surface area (Å²) in [6.07, 6.45) is 6.59. The summed E-state index contributed by atoms with van der Waals surface area (Å²) in [4.78, 5) is 23.7. The minimum Gasteiger partial charge on any atom is -0.376 e. The Morgan fingerprint density at radius 3 is 3.09 bits per heavy atom. The summed E-state index contributed by atoms with van der Waals surface area (Å²) < 4.78 is 7.12. The lowest BCUT2D eigenvalue weighted by Gasteiger charge is -2.11. The molecule has 1 fully saturated rings. The minimum atomic E-state index is -0.247. The molecule has 2 heterocycles. The van der Waals surface area contributed by atoms with E-state index in [4.69, 9.17) is 4.74 Å². The van der Waals surface area contributed by atoms with Crippen LogP contribution in [0.1, 0.15) is 45.4 Å². The van der Waals surface area contributed by atoms with Crippen LogP contribution in [0, 0.1) is 0 Å². The van der Waals surface area contributed by atoms with Crippen LogP contribution >= 0.6 is 11.8 Å². The standard InChI is InChI=1S/C15H26N4O3S/c1-2-3-4-5-8-16-13(20)11-23-15-18-17-14(21)19(15)10-12-7-6-9-22-12/h12H,2-11H2,1H3,(H,16,20)(H,17,21). The Hall–Kier alpha value is -1.28. The molecule has 1 aliphatic heterocycles. The SMILES string of the molecule is CCCCCCNC(=O)CSc1n[nH]c(=O)n1CC1CCCO1. The van der Waals surface area contributed by atoms with Crippen LogP contribution in [-0.2, 0) is 16.1 Å². The van der Waals surface area contributed by atoms with Crippen LogP contribution < -0.4 is 11.0 Å². The normalized spacial score (nSPS) is 17.5. The van der Waals surface area contributed by atoms with Gasteiger partial charge >= 0.3 is 5.69 Å². The van der Waals surface area contributed by atoms with Crippen molar-refractivity contribution < 1.29 is 9.53 Å². The number of hydrogen-bond acceptors (Lipinski definition) is 5. The van der Waals surface area contributed by atoms with Crippen molar-refractivity contribution in [2.45, 2.75) is 63.3 Å². The third kappa shape index (κ3) is 6.02. The van der Waals surface area contributed by atoms with E-state index >= 15 is 0 Å². The van der Waals surface area contributed by atoms with Gasteiger partial charge < -0.3 is 10.1 Å². The first-order valence-electron chi connectivity index (χ1n) is 8.37. The first-order valence-corrected chi connectivity index (χ1v) is 9.35. The van der Waals surface area contributed by atoms with Crippen LogP contribution in [0.3, 0.4) is 0 Å². The summed E-state index contributed by atoms with van der Waals surface area (Å²) in [5, 5.41) is 9.90. The van der Waals surface area contributed by atoms with E-state index in [0.29, 0.717) is 18.2 Å². The van der Waals surface area contributed by atoms with Gasteiger partial charge in [0.15, 0.2) is 5.16 Å². The first-order chi connectivity index (χ1) is 11.2. The molecule has 1 unspecified atom stereocenters. The fourth-order valence-corrected chi connectivity index (χ4v) is 3.31. The molecular weight excluding hydrogens is 316 g/mol. The predicted molar refractivity (Wildman–Crippen MR) is 89.7 cm³/mol. The molecule has 8 heteroatoms. The van der Waals surface area contributed by atoms with Gasteiger partial charge in [-0.2, -0.15) is 0 Å². The summed E-state index contributed by atoms with van der Waals surface area (Å²) in [5.41, 5.74) is -0.247. The van der Waals surface area contributed by atoms with E-state index in [0.717, 1.165) is 32.3 Å². The van der Waals surface area contributed by atoms with Crippen molar-refractivity contribution in [2.75, 3.05) is 18.9 Å². The van der Waals surface area contributed by atoms with Gasteiger partial charge in [0.1, 0.15) is 0 Å². The zero-order chi connectivity index (χ0) is 16.5. The van der Waals surface area contributed by atoms with Gasteiger partial charge in [-0.15, -0.1) is 5.10 Å². The second-order valence-electron chi connectivity index (χ2n) is 5.76. The topological polar surface area (TPSA) is 89.0 Å². The highest BCUT2D eigenvalue weighted by atomic mass is 32.2. The highest BCUT2D eigenvalue weighted by Crippen LogP contribution is 2.17. The molecule has 23 heavy (non-hydrogen) atoms. The Labute approximate surface area is 140 Å². The van der Waals surface area contributed by atoms with Gasteiger partial charge in [0, 0.05) is 13.2 Å². The van der Waals surface area contributed by atoms with Gasteiger partial charge in [-0.3, -0.25) is 9.36 Å². The summed E-state index contributed by atoms with van der Waals surface area (Å²) in [7, 11) is 0. The second-order valence-corrected chi connectivity index (χ2v) is 6.70. The molecule has 1 aromatic rings. The minimum absolute atomic E-state index is 0.0226. The van der Waals surface area contributed by atoms with E-state index in [9.17, 15) is 9.59 Å². The molecule has 1 aromatic heterocycles. The number of rotatable bonds is 10. The van der Waals surface area contributed by atoms with Crippen molar-refractivity contribution in [3.8, 4) is 0 Å². The van der Waals surface area contributed by atoms with Gasteiger partial charge in [0.05, 0.1) is 18.4 Å². The molecule has 0 saturated carbocycles. The average Bonchev–Trinajstić information content (AvgIpc) is 3.17. The van der Waals surface area contributed by atoms with Crippen molar-refractivity contribution in [2.24, 2.45) is 0 Å². The second kappa shape index (κ2) is 9.77. The Morgan fingerprint density at radius 2 is 2.35 bits per heavy atom. The number of thioether (sulfide) groups is 1. The highest BCUT2D eigenvalue weighted by Gasteiger charge is 2.20. The fourth-order valence-electron chi connectivity index (χ4n) is 2.53. The molecule has 7 nitrogen and oxygen atoms in total. The van der Waals surface area contributed by atoms with Crippen LogP contribution in [0.25, 0.3) is 0 Å². The molecule has 2 rings (SSSR count). The predicted octanol–water partition coefficient (Wildman–Crippen LogP) is 1.54. The zero-order valence-corrected chi connectivity index (χ0v) is 14.5. The lowest BCUT2D eigenvalue weighted by atomic mass is 10.2. The number of carbonyl (C=O) groups is 1. The number of ether oxygens (including phenoxy) is 1. The lowest BCUT2D eigenvalue weighted by molar-refractivity contribution is -0.118. The van der Waals surface area contributed by atoms with E-state index in [2.05, 4.69) is 22.4 Å². The molecule has 1 aliphatic rings.